The van der Waals surface area contributed by atoms with Crippen molar-refractivity contribution < 1.29 is 9.53 Å². The highest BCUT2D eigenvalue weighted by Gasteiger charge is 2.45. The number of benzene rings is 1. The monoisotopic (exact) mass is 411 g/mol. The third kappa shape index (κ3) is 3.95. The van der Waals surface area contributed by atoms with Gasteiger partial charge in [-0.25, -0.2) is 4.68 Å². The summed E-state index contributed by atoms with van der Waals surface area (Å²) in [5.74, 6) is 0.841. The van der Waals surface area contributed by atoms with Crippen molar-refractivity contribution in [3.05, 3.63) is 35.7 Å². The molecule has 2 aromatic rings. The van der Waals surface area contributed by atoms with Crippen molar-refractivity contribution in [3.8, 4) is 11.4 Å². The molecule has 2 aliphatic rings. The van der Waals surface area contributed by atoms with Crippen molar-refractivity contribution in [2.45, 2.75) is 64.5 Å². The maximum atomic E-state index is 13.6. The average Bonchev–Trinajstić information content (AvgIpc) is 3.10. The van der Waals surface area contributed by atoms with Crippen LogP contribution < -0.4 is 4.74 Å². The number of hydrogen-bond acceptors (Lipinski definition) is 5. The van der Waals surface area contributed by atoms with E-state index < -0.39 is 0 Å². The van der Waals surface area contributed by atoms with Crippen LogP contribution in [-0.4, -0.2) is 69.0 Å². The number of carbonyl (C=O) groups is 1. The number of aromatic nitrogens is 3. The van der Waals surface area contributed by atoms with Crippen molar-refractivity contribution >= 4 is 5.91 Å². The van der Waals surface area contributed by atoms with Gasteiger partial charge in [-0.3, -0.25) is 4.79 Å². The SMILES string of the molecule is Cc1c(C(=O)N2CCN(C)CC23CCCCC3)nnn1-c1ccc(OC(C)C)cc1. The second-order valence-corrected chi connectivity index (χ2v) is 9.08. The average molecular weight is 412 g/mol. The van der Waals surface area contributed by atoms with Crippen molar-refractivity contribution in [2.75, 3.05) is 26.7 Å². The first kappa shape index (κ1) is 20.8. The van der Waals surface area contributed by atoms with E-state index in [4.69, 9.17) is 4.74 Å². The van der Waals surface area contributed by atoms with Gasteiger partial charge in [0, 0.05) is 19.6 Å². The van der Waals surface area contributed by atoms with Crippen molar-refractivity contribution in [1.29, 1.82) is 0 Å². The van der Waals surface area contributed by atoms with Crippen LogP contribution in [0.3, 0.4) is 0 Å². The molecule has 4 rings (SSSR count). The molecule has 0 atom stereocenters. The zero-order chi connectivity index (χ0) is 21.3. The van der Waals surface area contributed by atoms with Crippen LogP contribution in [0.5, 0.6) is 5.75 Å². The molecule has 1 saturated heterocycles. The minimum atomic E-state index is -0.0611. The number of rotatable bonds is 4. The zero-order valence-electron chi connectivity index (χ0n) is 18.6. The molecule has 1 amide bonds. The van der Waals surface area contributed by atoms with E-state index in [0.29, 0.717) is 5.69 Å². The fourth-order valence-electron chi connectivity index (χ4n) is 4.97. The van der Waals surface area contributed by atoms with Gasteiger partial charge in [0.15, 0.2) is 5.69 Å². The minimum absolute atomic E-state index is 0.0218. The van der Waals surface area contributed by atoms with Crippen molar-refractivity contribution in [1.82, 2.24) is 24.8 Å². The first-order chi connectivity index (χ1) is 14.4. The molecule has 1 saturated carbocycles. The molecular weight excluding hydrogens is 378 g/mol. The number of likely N-dealkylation sites (N-methyl/N-ethyl adjacent to an activating group) is 1. The topological polar surface area (TPSA) is 63.5 Å². The summed E-state index contributed by atoms with van der Waals surface area (Å²) >= 11 is 0. The minimum Gasteiger partial charge on any atom is -0.491 e. The largest absolute Gasteiger partial charge is 0.491 e. The summed E-state index contributed by atoms with van der Waals surface area (Å²) in [5, 5.41) is 8.62. The lowest BCUT2D eigenvalue weighted by molar-refractivity contribution is -0.00822. The Balaban J connectivity index is 1.59. The lowest BCUT2D eigenvalue weighted by Crippen LogP contribution is -2.64. The molecule has 2 heterocycles. The first-order valence-corrected chi connectivity index (χ1v) is 11.1. The van der Waals surface area contributed by atoms with Crippen molar-refractivity contribution in [3.63, 3.8) is 0 Å². The first-order valence-electron chi connectivity index (χ1n) is 11.1. The summed E-state index contributed by atoms with van der Waals surface area (Å²) < 4.78 is 7.47. The molecule has 1 spiro atoms. The predicted molar refractivity (Wildman–Crippen MR) is 116 cm³/mol. The second-order valence-electron chi connectivity index (χ2n) is 9.08. The van der Waals surface area contributed by atoms with Crippen LogP contribution in [0.2, 0.25) is 0 Å². The maximum Gasteiger partial charge on any atom is 0.276 e. The Bertz CT molecular complexity index is 883. The van der Waals surface area contributed by atoms with Gasteiger partial charge >= 0.3 is 0 Å². The standard InChI is InChI=1S/C23H33N5O2/c1-17(2)30-20-10-8-19(9-11-20)28-18(3)21(24-25-28)22(29)27-15-14-26(4)16-23(27)12-6-5-7-13-23/h8-11,17H,5-7,12-16H2,1-4H3. The summed E-state index contributed by atoms with van der Waals surface area (Å²) in [6.45, 7) is 8.54. The summed E-state index contributed by atoms with van der Waals surface area (Å²) in [7, 11) is 2.16. The van der Waals surface area contributed by atoms with Crippen LogP contribution in [0.15, 0.2) is 24.3 Å². The van der Waals surface area contributed by atoms with Gasteiger partial charge in [-0.05, 0) is 64.9 Å². The van der Waals surface area contributed by atoms with Crippen molar-refractivity contribution in [2.24, 2.45) is 0 Å². The van der Waals surface area contributed by atoms with Gasteiger partial charge in [0.25, 0.3) is 5.91 Å². The van der Waals surface area contributed by atoms with E-state index in [9.17, 15) is 4.79 Å². The molecule has 1 aliphatic carbocycles. The molecule has 0 unspecified atom stereocenters. The number of nitrogens with zero attached hydrogens (tertiary/aromatic N) is 5. The molecule has 1 aliphatic heterocycles. The Hall–Kier alpha value is -2.41. The van der Waals surface area contributed by atoms with E-state index in [1.165, 1.54) is 19.3 Å². The molecule has 1 aromatic carbocycles. The molecule has 0 N–H and O–H groups in total. The number of piperazine rings is 1. The van der Waals surface area contributed by atoms with Crippen LogP contribution >= 0.6 is 0 Å². The van der Waals surface area contributed by atoms with Gasteiger partial charge < -0.3 is 14.5 Å². The van der Waals surface area contributed by atoms with E-state index in [2.05, 4.69) is 27.2 Å². The fourth-order valence-corrected chi connectivity index (χ4v) is 4.97. The zero-order valence-corrected chi connectivity index (χ0v) is 18.6. The van der Waals surface area contributed by atoms with Crippen LogP contribution in [0.4, 0.5) is 0 Å². The van der Waals surface area contributed by atoms with E-state index in [1.807, 2.05) is 45.0 Å². The molecule has 7 heteroatoms. The lowest BCUT2D eigenvalue weighted by Gasteiger charge is -2.52. The van der Waals surface area contributed by atoms with E-state index >= 15 is 0 Å². The third-order valence-corrected chi connectivity index (χ3v) is 6.42. The molecular formula is C23H33N5O2. The normalized spacial score (nSPS) is 19.4. The van der Waals surface area contributed by atoms with Crippen LogP contribution in [-0.2, 0) is 0 Å². The lowest BCUT2D eigenvalue weighted by atomic mass is 9.78. The predicted octanol–water partition coefficient (Wildman–Crippen LogP) is 3.45. The summed E-state index contributed by atoms with van der Waals surface area (Å²) in [4.78, 5) is 18.1. The molecule has 30 heavy (non-hydrogen) atoms. The summed E-state index contributed by atoms with van der Waals surface area (Å²) in [6, 6.07) is 7.75. The van der Waals surface area contributed by atoms with E-state index in [-0.39, 0.29) is 17.6 Å². The number of carbonyl (C=O) groups excluding carboxylic acids is 1. The Morgan fingerprint density at radius 3 is 2.47 bits per heavy atom. The van der Waals surface area contributed by atoms with E-state index in [1.54, 1.807) is 4.68 Å². The Labute approximate surface area is 179 Å². The maximum absolute atomic E-state index is 13.6. The van der Waals surface area contributed by atoms with Gasteiger partial charge in [0.1, 0.15) is 5.75 Å². The Morgan fingerprint density at radius 1 is 1.10 bits per heavy atom. The number of ether oxygens (including phenoxy) is 1. The van der Waals surface area contributed by atoms with Gasteiger partial charge in [0.05, 0.1) is 23.0 Å². The van der Waals surface area contributed by atoms with E-state index in [0.717, 1.165) is 49.6 Å². The molecule has 162 valence electrons. The third-order valence-electron chi connectivity index (χ3n) is 6.42. The highest BCUT2D eigenvalue weighted by molar-refractivity contribution is 5.94. The smallest absolute Gasteiger partial charge is 0.276 e. The fraction of sp³-hybridized carbons (Fsp3) is 0.609. The summed E-state index contributed by atoms with van der Waals surface area (Å²) in [5.41, 5.74) is 2.06. The van der Waals surface area contributed by atoms with Crippen LogP contribution in [0.1, 0.15) is 62.1 Å². The van der Waals surface area contributed by atoms with Crippen LogP contribution in [0.25, 0.3) is 5.69 Å². The summed E-state index contributed by atoms with van der Waals surface area (Å²) in [6.07, 6.45) is 5.92. The molecule has 0 radical (unpaired) electrons. The van der Waals surface area contributed by atoms with Crippen LogP contribution in [0, 0.1) is 6.92 Å². The quantitative estimate of drug-likeness (QED) is 0.771. The highest BCUT2D eigenvalue weighted by atomic mass is 16.5. The number of hydrogen-bond donors (Lipinski definition) is 0. The van der Waals surface area contributed by atoms with Gasteiger partial charge in [-0.15, -0.1) is 5.10 Å². The van der Waals surface area contributed by atoms with Gasteiger partial charge in [0.2, 0.25) is 0 Å². The van der Waals surface area contributed by atoms with Gasteiger partial charge in [-0.1, -0.05) is 24.5 Å². The highest BCUT2D eigenvalue weighted by Crippen LogP contribution is 2.37. The molecule has 2 fully saturated rings. The van der Waals surface area contributed by atoms with Gasteiger partial charge in [-0.2, -0.15) is 0 Å². The molecule has 1 aromatic heterocycles. The Morgan fingerprint density at radius 2 is 1.80 bits per heavy atom. The molecule has 7 nitrogen and oxygen atoms in total. The Kier molecular flexibility index (Phi) is 5.82. The molecule has 0 bridgehead atoms. The number of amides is 1. The second kappa shape index (κ2) is 8.38.